The van der Waals surface area contributed by atoms with Crippen molar-refractivity contribution in [2.24, 2.45) is 0 Å². The third kappa shape index (κ3) is 3.87. The molecule has 0 bridgehead atoms. The number of rotatable bonds is 5. The van der Waals surface area contributed by atoms with E-state index in [2.05, 4.69) is 24.0 Å². The largest absolute Gasteiger partial charge is 0.385 e. The third-order valence-electron chi connectivity index (χ3n) is 4.47. The highest BCUT2D eigenvalue weighted by Gasteiger charge is 2.26. The first-order valence-electron chi connectivity index (χ1n) is 8.05. The molecule has 0 aromatic carbocycles. The number of aliphatic hydroxyl groups is 1. The van der Waals surface area contributed by atoms with Crippen molar-refractivity contribution in [1.29, 1.82) is 0 Å². The normalized spacial score (nSPS) is 18.2. The summed E-state index contributed by atoms with van der Waals surface area (Å²) in [5, 5.41) is 10.3. The maximum Gasteiger partial charge on any atom is 0.225 e. The van der Waals surface area contributed by atoms with E-state index in [0.717, 1.165) is 25.9 Å². The first kappa shape index (κ1) is 17.0. The van der Waals surface area contributed by atoms with Crippen LogP contribution in [-0.4, -0.2) is 63.6 Å². The standard InChI is InChI=1S/C16H28N4O2/c1-12(2)20-10-7-17-16(20)14(21)11-15(22)19-8-5-13(6-9-19)18(3)4/h7,10,12-14,21H,5-6,8-9,11H2,1-4H3. The molecular formula is C16H28N4O2. The number of nitrogens with zero attached hydrogens (tertiary/aromatic N) is 4. The summed E-state index contributed by atoms with van der Waals surface area (Å²) < 4.78 is 1.91. The Labute approximate surface area is 132 Å². The topological polar surface area (TPSA) is 61.6 Å². The van der Waals surface area contributed by atoms with Gasteiger partial charge in [-0.25, -0.2) is 4.98 Å². The maximum atomic E-state index is 12.4. The van der Waals surface area contributed by atoms with Crippen LogP contribution in [0.25, 0.3) is 0 Å². The Bertz CT molecular complexity index is 490. The number of likely N-dealkylation sites (tertiary alicyclic amines) is 1. The fourth-order valence-corrected chi connectivity index (χ4v) is 3.04. The van der Waals surface area contributed by atoms with Gasteiger partial charge in [-0.2, -0.15) is 0 Å². The summed E-state index contributed by atoms with van der Waals surface area (Å²) in [6.07, 6.45) is 4.78. The average Bonchev–Trinajstić information content (AvgIpc) is 2.97. The molecule has 6 heteroatoms. The molecule has 1 fully saturated rings. The van der Waals surface area contributed by atoms with Crippen molar-refractivity contribution in [3.05, 3.63) is 18.2 Å². The average molecular weight is 308 g/mol. The van der Waals surface area contributed by atoms with E-state index in [-0.39, 0.29) is 18.4 Å². The zero-order chi connectivity index (χ0) is 16.3. The van der Waals surface area contributed by atoms with Crippen molar-refractivity contribution in [2.45, 2.75) is 51.3 Å². The molecule has 6 nitrogen and oxygen atoms in total. The zero-order valence-corrected chi connectivity index (χ0v) is 14.1. The van der Waals surface area contributed by atoms with E-state index >= 15 is 0 Å². The molecule has 2 rings (SSSR count). The highest BCUT2D eigenvalue weighted by Crippen LogP contribution is 2.21. The van der Waals surface area contributed by atoms with Crippen molar-refractivity contribution in [3.63, 3.8) is 0 Å². The fraction of sp³-hybridized carbons (Fsp3) is 0.750. The molecule has 0 radical (unpaired) electrons. The number of carbonyl (C=O) groups excluding carboxylic acids is 1. The van der Waals surface area contributed by atoms with Gasteiger partial charge in [-0.15, -0.1) is 0 Å². The summed E-state index contributed by atoms with van der Waals surface area (Å²) in [6.45, 7) is 5.61. The summed E-state index contributed by atoms with van der Waals surface area (Å²) in [6, 6.07) is 0.770. The number of piperidine rings is 1. The molecule has 1 aromatic heterocycles. The summed E-state index contributed by atoms with van der Waals surface area (Å²) in [7, 11) is 4.16. The molecule has 1 amide bonds. The number of aliphatic hydroxyl groups excluding tert-OH is 1. The molecule has 1 aliphatic heterocycles. The van der Waals surface area contributed by atoms with Crippen molar-refractivity contribution in [3.8, 4) is 0 Å². The van der Waals surface area contributed by atoms with Gasteiger partial charge < -0.3 is 19.5 Å². The Kier molecular flexibility index (Phi) is 5.58. The van der Waals surface area contributed by atoms with Crippen LogP contribution in [0.2, 0.25) is 0 Å². The van der Waals surface area contributed by atoms with E-state index in [0.29, 0.717) is 11.9 Å². The molecule has 0 spiro atoms. The summed E-state index contributed by atoms with van der Waals surface area (Å²) in [5.74, 6) is 0.592. The molecule has 1 saturated heterocycles. The highest BCUT2D eigenvalue weighted by atomic mass is 16.3. The second-order valence-electron chi connectivity index (χ2n) is 6.58. The Hall–Kier alpha value is -1.40. The van der Waals surface area contributed by atoms with Crippen LogP contribution < -0.4 is 0 Å². The molecule has 0 saturated carbocycles. The molecule has 0 aliphatic carbocycles. The van der Waals surface area contributed by atoms with E-state index in [9.17, 15) is 9.90 Å². The second-order valence-corrected chi connectivity index (χ2v) is 6.58. The van der Waals surface area contributed by atoms with Crippen LogP contribution in [0, 0.1) is 0 Å². The van der Waals surface area contributed by atoms with E-state index in [4.69, 9.17) is 0 Å². The lowest BCUT2D eigenvalue weighted by Gasteiger charge is -2.35. The van der Waals surface area contributed by atoms with Gasteiger partial charge in [0.2, 0.25) is 5.91 Å². The molecule has 1 unspecified atom stereocenters. The number of hydrogen-bond acceptors (Lipinski definition) is 4. The quantitative estimate of drug-likeness (QED) is 0.894. The third-order valence-corrected chi connectivity index (χ3v) is 4.47. The van der Waals surface area contributed by atoms with Crippen molar-refractivity contribution in [1.82, 2.24) is 19.4 Å². The number of amides is 1. The van der Waals surface area contributed by atoms with E-state index in [1.165, 1.54) is 0 Å². The molecular weight excluding hydrogens is 280 g/mol. The first-order chi connectivity index (χ1) is 10.4. The predicted molar refractivity (Wildman–Crippen MR) is 85.5 cm³/mol. The Balaban J connectivity index is 1.91. The van der Waals surface area contributed by atoms with E-state index in [1.807, 2.05) is 29.5 Å². The Morgan fingerprint density at radius 1 is 1.41 bits per heavy atom. The molecule has 22 heavy (non-hydrogen) atoms. The van der Waals surface area contributed by atoms with Crippen LogP contribution in [-0.2, 0) is 4.79 Å². The van der Waals surface area contributed by atoms with Crippen LogP contribution in [0.4, 0.5) is 0 Å². The fourth-order valence-electron chi connectivity index (χ4n) is 3.04. The molecule has 2 heterocycles. The van der Waals surface area contributed by atoms with Crippen molar-refractivity contribution >= 4 is 5.91 Å². The van der Waals surface area contributed by atoms with E-state index in [1.54, 1.807) is 6.20 Å². The van der Waals surface area contributed by atoms with Gasteiger partial charge in [-0.3, -0.25) is 4.79 Å². The number of hydrogen-bond donors (Lipinski definition) is 1. The van der Waals surface area contributed by atoms with Gasteiger partial charge in [0, 0.05) is 37.6 Å². The first-order valence-corrected chi connectivity index (χ1v) is 8.05. The van der Waals surface area contributed by atoms with Gasteiger partial charge in [0.25, 0.3) is 0 Å². The molecule has 124 valence electrons. The summed E-state index contributed by atoms with van der Waals surface area (Å²) in [5.41, 5.74) is 0. The van der Waals surface area contributed by atoms with Crippen LogP contribution in [0.1, 0.15) is 51.1 Å². The van der Waals surface area contributed by atoms with Crippen LogP contribution >= 0.6 is 0 Å². The summed E-state index contributed by atoms with van der Waals surface area (Å²) >= 11 is 0. The predicted octanol–water partition coefficient (Wildman–Crippen LogP) is 1.44. The summed E-state index contributed by atoms with van der Waals surface area (Å²) in [4.78, 5) is 20.7. The van der Waals surface area contributed by atoms with Gasteiger partial charge in [0.05, 0.1) is 6.42 Å². The van der Waals surface area contributed by atoms with E-state index < -0.39 is 6.10 Å². The minimum absolute atomic E-state index is 0.0167. The minimum Gasteiger partial charge on any atom is -0.385 e. The molecule has 1 aromatic rings. The number of carbonyl (C=O) groups is 1. The van der Waals surface area contributed by atoms with Crippen molar-refractivity contribution in [2.75, 3.05) is 27.2 Å². The second kappa shape index (κ2) is 7.24. The number of aromatic nitrogens is 2. The highest BCUT2D eigenvalue weighted by molar-refractivity contribution is 5.76. The lowest BCUT2D eigenvalue weighted by Crippen LogP contribution is -2.44. The van der Waals surface area contributed by atoms with Gasteiger partial charge >= 0.3 is 0 Å². The van der Waals surface area contributed by atoms with Crippen LogP contribution in [0.5, 0.6) is 0 Å². The van der Waals surface area contributed by atoms with Crippen molar-refractivity contribution < 1.29 is 9.90 Å². The molecule has 1 aliphatic rings. The maximum absolute atomic E-state index is 12.4. The number of imidazole rings is 1. The minimum atomic E-state index is -0.837. The van der Waals surface area contributed by atoms with Crippen LogP contribution in [0.15, 0.2) is 12.4 Å². The molecule has 1 atom stereocenters. The van der Waals surface area contributed by atoms with Gasteiger partial charge in [0.1, 0.15) is 11.9 Å². The Morgan fingerprint density at radius 2 is 2.05 bits per heavy atom. The van der Waals surface area contributed by atoms with Crippen LogP contribution in [0.3, 0.4) is 0 Å². The monoisotopic (exact) mass is 308 g/mol. The Morgan fingerprint density at radius 3 is 2.59 bits per heavy atom. The lowest BCUT2D eigenvalue weighted by atomic mass is 10.0. The molecule has 1 N–H and O–H groups in total. The van der Waals surface area contributed by atoms with Gasteiger partial charge in [-0.05, 0) is 40.8 Å². The lowest BCUT2D eigenvalue weighted by molar-refractivity contribution is -0.135. The van der Waals surface area contributed by atoms with Gasteiger partial charge in [0.15, 0.2) is 0 Å². The smallest absolute Gasteiger partial charge is 0.225 e. The zero-order valence-electron chi connectivity index (χ0n) is 14.1. The van der Waals surface area contributed by atoms with Gasteiger partial charge in [-0.1, -0.05) is 0 Å². The SMILES string of the molecule is CC(C)n1ccnc1C(O)CC(=O)N1CCC(N(C)C)CC1.